The van der Waals surface area contributed by atoms with Gasteiger partial charge in [0.15, 0.2) is 0 Å². The molecule has 0 bridgehead atoms. The predicted molar refractivity (Wildman–Crippen MR) is 75.0 cm³/mol. The highest BCUT2D eigenvalue weighted by Gasteiger charge is 2.17. The molecule has 0 heterocycles. The van der Waals surface area contributed by atoms with Crippen molar-refractivity contribution in [3.63, 3.8) is 0 Å². The van der Waals surface area contributed by atoms with Gasteiger partial charge in [-0.1, -0.05) is 18.2 Å². The Labute approximate surface area is 113 Å². The van der Waals surface area contributed by atoms with E-state index in [1.54, 1.807) is 39.0 Å². The summed E-state index contributed by atoms with van der Waals surface area (Å²) in [6.07, 6.45) is 2.08. The van der Waals surface area contributed by atoms with Crippen LogP contribution in [0.5, 0.6) is 0 Å². The lowest BCUT2D eigenvalue weighted by Crippen LogP contribution is -2.39. The zero-order valence-electron chi connectivity index (χ0n) is 11.4. The minimum Gasteiger partial charge on any atom is -0.207 e. The van der Waals surface area contributed by atoms with Crippen molar-refractivity contribution >= 4 is 16.4 Å². The van der Waals surface area contributed by atoms with Crippen molar-refractivity contribution < 1.29 is 12.8 Å². The van der Waals surface area contributed by atoms with Gasteiger partial charge < -0.3 is 0 Å². The molecule has 0 aliphatic heterocycles. The molecule has 0 unspecified atom stereocenters. The topological polar surface area (TPSA) is 58.5 Å². The first-order valence-electron chi connectivity index (χ1n) is 6.01. The molecule has 1 N–H and O–H groups in total. The van der Waals surface area contributed by atoms with Gasteiger partial charge in [0.1, 0.15) is 5.82 Å². The molecule has 0 saturated carbocycles. The van der Waals surface area contributed by atoms with E-state index in [0.29, 0.717) is 18.4 Å². The number of hydrogen-bond acceptors (Lipinski definition) is 2. The van der Waals surface area contributed by atoms with Crippen LogP contribution in [0.25, 0.3) is 0 Å². The summed E-state index contributed by atoms with van der Waals surface area (Å²) in [4.78, 5) is 0. The fourth-order valence-electron chi connectivity index (χ4n) is 1.49. The Kier molecular flexibility index (Phi) is 5.20. The van der Waals surface area contributed by atoms with E-state index in [2.05, 4.69) is 9.12 Å². The molecule has 4 nitrogen and oxygen atoms in total. The number of hydrogen-bond donors (Lipinski definition) is 1. The minimum atomic E-state index is -3.68. The predicted octanol–water partition coefficient (Wildman–Crippen LogP) is 2.46. The number of aryl methyl sites for hydroxylation is 1. The average Bonchev–Trinajstić information content (AvgIpc) is 2.23. The van der Waals surface area contributed by atoms with Crippen molar-refractivity contribution in [3.8, 4) is 0 Å². The standard InChI is InChI=1S/C13H19FN2O2S/c1-13(2,3)16-19(17,18)15-10-6-8-11-7-4-5-9-12(11)14/h4-5,7,9-10,16H,6,8H2,1-3H3/b15-10+. The molecule has 0 saturated heterocycles. The van der Waals surface area contributed by atoms with Crippen molar-refractivity contribution in [2.45, 2.75) is 39.2 Å². The number of nitrogens with one attached hydrogen (secondary N) is 1. The number of rotatable bonds is 5. The largest absolute Gasteiger partial charge is 0.319 e. The molecule has 1 aromatic rings. The minimum absolute atomic E-state index is 0.286. The first-order valence-corrected chi connectivity index (χ1v) is 7.45. The summed E-state index contributed by atoms with van der Waals surface area (Å²) >= 11 is 0. The van der Waals surface area contributed by atoms with Crippen LogP contribution in [0.1, 0.15) is 32.8 Å². The Morgan fingerprint density at radius 2 is 1.95 bits per heavy atom. The highest BCUT2D eigenvalue weighted by atomic mass is 32.2. The highest BCUT2D eigenvalue weighted by Crippen LogP contribution is 2.08. The fourth-order valence-corrected chi connectivity index (χ4v) is 2.61. The summed E-state index contributed by atoms with van der Waals surface area (Å²) in [7, 11) is -3.68. The molecule has 0 aromatic heterocycles. The summed E-state index contributed by atoms with van der Waals surface area (Å²) in [5.41, 5.74) is -0.0167. The van der Waals surface area contributed by atoms with Crippen molar-refractivity contribution in [3.05, 3.63) is 35.6 Å². The third-order valence-corrected chi connectivity index (χ3v) is 3.45. The average molecular weight is 286 g/mol. The summed E-state index contributed by atoms with van der Waals surface area (Å²) < 4.78 is 42.3. The number of halogens is 1. The monoisotopic (exact) mass is 286 g/mol. The van der Waals surface area contributed by atoms with Crippen LogP contribution in [0.4, 0.5) is 4.39 Å². The van der Waals surface area contributed by atoms with E-state index >= 15 is 0 Å². The number of nitrogens with zero attached hydrogens (tertiary/aromatic N) is 1. The second-order valence-electron chi connectivity index (χ2n) is 5.25. The maximum Gasteiger partial charge on any atom is 0.319 e. The molecule has 1 rings (SSSR count). The van der Waals surface area contributed by atoms with Crippen LogP contribution in [0.2, 0.25) is 0 Å². The van der Waals surface area contributed by atoms with Gasteiger partial charge in [0.25, 0.3) is 0 Å². The lowest BCUT2D eigenvalue weighted by atomic mass is 10.1. The normalized spacial score (nSPS) is 13.1. The Morgan fingerprint density at radius 1 is 1.32 bits per heavy atom. The van der Waals surface area contributed by atoms with Crippen molar-refractivity contribution in [1.29, 1.82) is 0 Å². The summed E-state index contributed by atoms with van der Waals surface area (Å²) in [6.45, 7) is 5.21. The third kappa shape index (κ3) is 6.45. The molecular weight excluding hydrogens is 267 g/mol. The summed E-state index contributed by atoms with van der Waals surface area (Å²) in [5.74, 6) is -0.286. The van der Waals surface area contributed by atoms with Crippen molar-refractivity contribution in [2.24, 2.45) is 4.40 Å². The number of benzene rings is 1. The Bertz CT molecular complexity index is 548. The molecule has 6 heteroatoms. The van der Waals surface area contributed by atoms with Crippen molar-refractivity contribution in [2.75, 3.05) is 0 Å². The maximum atomic E-state index is 13.3. The summed E-state index contributed by atoms with van der Waals surface area (Å²) in [5, 5.41) is 0. The van der Waals surface area contributed by atoms with E-state index in [1.807, 2.05) is 0 Å². The van der Waals surface area contributed by atoms with Gasteiger partial charge in [0.2, 0.25) is 0 Å². The van der Waals surface area contributed by atoms with Crippen LogP contribution in [0.3, 0.4) is 0 Å². The van der Waals surface area contributed by atoms with Gasteiger partial charge in [-0.3, -0.25) is 0 Å². The molecular formula is C13H19FN2O2S. The van der Waals surface area contributed by atoms with E-state index in [9.17, 15) is 12.8 Å². The van der Waals surface area contributed by atoms with E-state index in [4.69, 9.17) is 0 Å². The van der Waals surface area contributed by atoms with E-state index < -0.39 is 15.7 Å². The molecule has 19 heavy (non-hydrogen) atoms. The zero-order valence-corrected chi connectivity index (χ0v) is 12.2. The van der Waals surface area contributed by atoms with E-state index in [-0.39, 0.29) is 5.82 Å². The molecule has 0 spiro atoms. The van der Waals surface area contributed by atoms with Gasteiger partial charge in [-0.15, -0.1) is 0 Å². The first-order chi connectivity index (χ1) is 8.70. The van der Waals surface area contributed by atoms with Gasteiger partial charge in [0.05, 0.1) is 0 Å². The Balaban J connectivity index is 2.54. The van der Waals surface area contributed by atoms with Crippen LogP contribution >= 0.6 is 0 Å². The first kappa shape index (κ1) is 15.8. The van der Waals surface area contributed by atoms with Gasteiger partial charge in [-0.2, -0.15) is 17.5 Å². The molecule has 0 fully saturated rings. The molecule has 1 aromatic carbocycles. The second-order valence-corrected chi connectivity index (χ2v) is 6.61. The quantitative estimate of drug-likeness (QED) is 0.845. The van der Waals surface area contributed by atoms with Gasteiger partial charge in [-0.05, 0) is 45.2 Å². The lowest BCUT2D eigenvalue weighted by molar-refractivity contribution is 0.492. The summed E-state index contributed by atoms with van der Waals surface area (Å²) in [6, 6.07) is 6.41. The SMILES string of the molecule is CC(C)(C)NS(=O)(=O)/N=C/CCc1ccccc1F. The third-order valence-electron chi connectivity index (χ3n) is 2.15. The smallest absolute Gasteiger partial charge is 0.207 e. The van der Waals surface area contributed by atoms with Gasteiger partial charge >= 0.3 is 10.2 Å². The van der Waals surface area contributed by atoms with Gasteiger partial charge in [-0.25, -0.2) is 4.39 Å². The molecule has 106 valence electrons. The van der Waals surface area contributed by atoms with Crippen LogP contribution < -0.4 is 4.72 Å². The van der Waals surface area contributed by atoms with E-state index in [0.717, 1.165) is 0 Å². The highest BCUT2D eigenvalue weighted by molar-refractivity contribution is 7.88. The van der Waals surface area contributed by atoms with Crippen molar-refractivity contribution in [1.82, 2.24) is 4.72 Å². The fraction of sp³-hybridized carbons (Fsp3) is 0.462. The second kappa shape index (κ2) is 6.25. The Morgan fingerprint density at radius 3 is 2.53 bits per heavy atom. The Hall–Kier alpha value is -1.27. The molecule has 0 aliphatic carbocycles. The molecule has 0 atom stereocenters. The molecule has 0 amide bonds. The van der Waals surface area contributed by atoms with E-state index in [1.165, 1.54) is 12.3 Å². The molecule has 0 radical (unpaired) electrons. The van der Waals surface area contributed by atoms with Crippen LogP contribution in [-0.2, 0) is 16.6 Å². The lowest BCUT2D eigenvalue weighted by Gasteiger charge is -2.17. The maximum absolute atomic E-state index is 13.3. The van der Waals surface area contributed by atoms with Gasteiger partial charge in [0, 0.05) is 11.8 Å². The molecule has 0 aliphatic rings. The van der Waals surface area contributed by atoms with Crippen LogP contribution in [0.15, 0.2) is 28.7 Å². The van der Waals surface area contributed by atoms with Crippen LogP contribution in [0, 0.1) is 5.82 Å². The zero-order chi connectivity index (χ0) is 14.5. The van der Waals surface area contributed by atoms with Crippen LogP contribution in [-0.4, -0.2) is 20.2 Å².